The molecule has 1 unspecified atom stereocenters. The van der Waals surface area contributed by atoms with Gasteiger partial charge in [-0.3, -0.25) is 4.79 Å². The molecule has 0 amide bonds. The summed E-state index contributed by atoms with van der Waals surface area (Å²) in [5.41, 5.74) is 0. The highest BCUT2D eigenvalue weighted by molar-refractivity contribution is 9.11. The largest absolute Gasteiger partial charge is 0.480 e. The average Bonchev–Trinajstić information content (AvgIpc) is 2.71. The summed E-state index contributed by atoms with van der Waals surface area (Å²) in [6, 6.07) is 1.80. The lowest BCUT2D eigenvalue weighted by Crippen LogP contribution is -2.41. The number of hydrogen-bond acceptors (Lipinski definition) is 5. The molecule has 102 valence electrons. The second-order valence-electron chi connectivity index (χ2n) is 3.35. The summed E-state index contributed by atoms with van der Waals surface area (Å²) in [5, 5.41) is 8.93. The van der Waals surface area contributed by atoms with Gasteiger partial charge in [0.1, 0.15) is 10.3 Å². The van der Waals surface area contributed by atoms with Gasteiger partial charge in [0, 0.05) is 13.7 Å². The van der Waals surface area contributed by atoms with E-state index in [0.717, 1.165) is 11.3 Å². The summed E-state index contributed by atoms with van der Waals surface area (Å²) < 4.78 is 31.4. The number of methoxy groups -OCH3 is 1. The van der Waals surface area contributed by atoms with Gasteiger partial charge in [-0.15, -0.1) is 11.3 Å². The predicted octanol–water partition coefficient (Wildman–Crippen LogP) is 1.28. The standard InChI is InChI=1S/C9H12BrNO5S2/c1-16-5-4-6(9(12)13)11-18(14,15)8-3-2-7(10)17-8/h2-3,6,11H,4-5H2,1H3,(H,12,13). The highest BCUT2D eigenvalue weighted by Crippen LogP contribution is 2.26. The third kappa shape index (κ3) is 4.32. The number of hydrogen-bond donors (Lipinski definition) is 2. The molecule has 0 radical (unpaired) electrons. The fourth-order valence-electron chi connectivity index (χ4n) is 1.16. The first kappa shape index (κ1) is 15.6. The van der Waals surface area contributed by atoms with Gasteiger partial charge in [-0.1, -0.05) is 0 Å². The maximum atomic E-state index is 11.9. The zero-order valence-electron chi connectivity index (χ0n) is 9.42. The smallest absolute Gasteiger partial charge is 0.321 e. The van der Waals surface area contributed by atoms with Crippen LogP contribution in [0.25, 0.3) is 0 Å². The number of thiophene rings is 1. The van der Waals surface area contributed by atoms with Crippen LogP contribution in [0.5, 0.6) is 0 Å². The van der Waals surface area contributed by atoms with Crippen molar-refractivity contribution in [1.82, 2.24) is 4.72 Å². The highest BCUT2D eigenvalue weighted by atomic mass is 79.9. The molecule has 1 atom stereocenters. The van der Waals surface area contributed by atoms with Gasteiger partial charge in [-0.25, -0.2) is 8.42 Å². The van der Waals surface area contributed by atoms with E-state index in [2.05, 4.69) is 20.7 Å². The van der Waals surface area contributed by atoms with E-state index in [1.165, 1.54) is 13.2 Å². The predicted molar refractivity (Wildman–Crippen MR) is 70.3 cm³/mol. The van der Waals surface area contributed by atoms with Crippen molar-refractivity contribution in [1.29, 1.82) is 0 Å². The molecular weight excluding hydrogens is 346 g/mol. The number of rotatable bonds is 7. The minimum absolute atomic E-state index is 0.0671. The Kier molecular flexibility index (Phi) is 5.73. The molecule has 1 heterocycles. The molecule has 0 aromatic carbocycles. The molecule has 9 heteroatoms. The Labute approximate surface area is 117 Å². The lowest BCUT2D eigenvalue weighted by Gasteiger charge is -2.13. The number of carbonyl (C=O) groups is 1. The van der Waals surface area contributed by atoms with E-state index in [9.17, 15) is 13.2 Å². The molecule has 0 aliphatic carbocycles. The van der Waals surface area contributed by atoms with Crippen LogP contribution in [0.4, 0.5) is 0 Å². The zero-order chi connectivity index (χ0) is 13.8. The number of halogens is 1. The summed E-state index contributed by atoms with van der Waals surface area (Å²) in [4.78, 5) is 10.9. The lowest BCUT2D eigenvalue weighted by atomic mass is 10.2. The molecule has 2 N–H and O–H groups in total. The molecule has 0 bridgehead atoms. The van der Waals surface area contributed by atoms with Crippen molar-refractivity contribution in [2.24, 2.45) is 0 Å². The van der Waals surface area contributed by atoms with Crippen LogP contribution in [0.3, 0.4) is 0 Å². The zero-order valence-corrected chi connectivity index (χ0v) is 12.6. The van der Waals surface area contributed by atoms with Crippen molar-refractivity contribution in [2.45, 2.75) is 16.7 Å². The minimum Gasteiger partial charge on any atom is -0.480 e. The van der Waals surface area contributed by atoms with Gasteiger partial charge in [0.25, 0.3) is 10.0 Å². The topological polar surface area (TPSA) is 92.7 Å². The fraction of sp³-hybridized carbons (Fsp3) is 0.444. The molecule has 1 aromatic rings. The maximum absolute atomic E-state index is 11.9. The van der Waals surface area contributed by atoms with Crippen molar-refractivity contribution in [3.63, 3.8) is 0 Å². The lowest BCUT2D eigenvalue weighted by molar-refractivity contribution is -0.139. The van der Waals surface area contributed by atoms with Crippen molar-refractivity contribution in [3.8, 4) is 0 Å². The van der Waals surface area contributed by atoms with Crippen molar-refractivity contribution in [2.75, 3.05) is 13.7 Å². The summed E-state index contributed by atoms with van der Waals surface area (Å²) in [5.74, 6) is -1.23. The van der Waals surface area contributed by atoms with E-state index in [1.807, 2.05) is 0 Å². The van der Waals surface area contributed by atoms with Crippen molar-refractivity contribution >= 4 is 43.3 Å². The molecule has 1 aromatic heterocycles. The first-order valence-corrected chi connectivity index (χ1v) is 7.95. The van der Waals surface area contributed by atoms with Crippen molar-refractivity contribution in [3.05, 3.63) is 15.9 Å². The van der Waals surface area contributed by atoms with Crippen LogP contribution in [0, 0.1) is 0 Å². The van der Waals surface area contributed by atoms with Gasteiger partial charge in [0.2, 0.25) is 0 Å². The molecule has 0 aliphatic rings. The number of carboxylic acid groups (broad SMARTS) is 1. The maximum Gasteiger partial charge on any atom is 0.321 e. The Balaban J connectivity index is 2.82. The molecule has 0 aliphatic heterocycles. The molecule has 1 rings (SSSR count). The SMILES string of the molecule is COCCC(NS(=O)(=O)c1ccc(Br)s1)C(=O)O. The van der Waals surface area contributed by atoms with Crippen LogP contribution in [0.1, 0.15) is 6.42 Å². The number of sulfonamides is 1. The summed E-state index contributed by atoms with van der Waals surface area (Å²) in [6.07, 6.45) is 0.0671. The molecule has 0 saturated heterocycles. The number of ether oxygens (including phenoxy) is 1. The fourth-order valence-corrected chi connectivity index (χ4v) is 4.41. The second kappa shape index (κ2) is 6.62. The van der Waals surface area contributed by atoms with Gasteiger partial charge in [-0.2, -0.15) is 4.72 Å². The van der Waals surface area contributed by atoms with Crippen LogP contribution in [-0.4, -0.2) is 39.3 Å². The van der Waals surface area contributed by atoms with E-state index < -0.39 is 22.0 Å². The van der Waals surface area contributed by atoms with E-state index in [-0.39, 0.29) is 17.2 Å². The van der Waals surface area contributed by atoms with Gasteiger partial charge < -0.3 is 9.84 Å². The van der Waals surface area contributed by atoms with Crippen LogP contribution in [-0.2, 0) is 19.6 Å². The third-order valence-electron chi connectivity index (χ3n) is 2.02. The molecule has 0 fully saturated rings. The first-order chi connectivity index (χ1) is 8.36. The summed E-state index contributed by atoms with van der Waals surface area (Å²) in [7, 11) is -2.39. The Morgan fingerprint density at radius 1 is 1.61 bits per heavy atom. The number of aliphatic carboxylic acids is 1. The van der Waals surface area contributed by atoms with Gasteiger partial charge >= 0.3 is 5.97 Å². The normalized spacial score (nSPS) is 13.4. The van der Waals surface area contributed by atoms with Crippen LogP contribution < -0.4 is 4.72 Å². The highest BCUT2D eigenvalue weighted by Gasteiger charge is 2.26. The quantitative estimate of drug-likeness (QED) is 0.766. The van der Waals surface area contributed by atoms with Crippen LogP contribution in [0.2, 0.25) is 0 Å². The van der Waals surface area contributed by atoms with E-state index in [0.29, 0.717) is 3.79 Å². The monoisotopic (exact) mass is 357 g/mol. The third-order valence-corrected chi connectivity index (χ3v) is 5.61. The summed E-state index contributed by atoms with van der Waals surface area (Å²) in [6.45, 7) is 0.160. The number of nitrogens with one attached hydrogen (secondary N) is 1. The average molecular weight is 358 g/mol. The van der Waals surface area contributed by atoms with Gasteiger partial charge in [0.15, 0.2) is 0 Å². The molecule has 18 heavy (non-hydrogen) atoms. The van der Waals surface area contributed by atoms with E-state index in [1.54, 1.807) is 6.07 Å². The van der Waals surface area contributed by atoms with Gasteiger partial charge in [0.05, 0.1) is 3.79 Å². The molecule has 0 spiro atoms. The Hall–Kier alpha value is -0.480. The van der Waals surface area contributed by atoms with Crippen molar-refractivity contribution < 1.29 is 23.1 Å². The molecule has 6 nitrogen and oxygen atoms in total. The summed E-state index contributed by atoms with van der Waals surface area (Å²) >= 11 is 4.17. The Bertz CT molecular complexity index is 513. The minimum atomic E-state index is -3.81. The second-order valence-corrected chi connectivity index (χ2v) is 7.76. The van der Waals surface area contributed by atoms with E-state index in [4.69, 9.17) is 9.84 Å². The Morgan fingerprint density at radius 2 is 2.28 bits per heavy atom. The van der Waals surface area contributed by atoms with E-state index >= 15 is 0 Å². The number of carboxylic acids is 1. The molecule has 0 saturated carbocycles. The van der Waals surface area contributed by atoms with Gasteiger partial charge in [-0.05, 0) is 34.5 Å². The van der Waals surface area contributed by atoms with Crippen LogP contribution >= 0.6 is 27.3 Å². The Morgan fingerprint density at radius 3 is 2.72 bits per heavy atom. The first-order valence-electron chi connectivity index (χ1n) is 4.86. The van der Waals surface area contributed by atoms with Crippen LogP contribution in [0.15, 0.2) is 20.1 Å². The molecular formula is C9H12BrNO5S2.